The summed E-state index contributed by atoms with van der Waals surface area (Å²) >= 11 is 3.82. The minimum Gasteiger partial charge on any atom is -0.300 e. The Morgan fingerprint density at radius 2 is 2.15 bits per heavy atom. The van der Waals surface area contributed by atoms with Gasteiger partial charge in [0.25, 0.3) is 0 Å². The summed E-state index contributed by atoms with van der Waals surface area (Å²) in [5.41, 5.74) is 0.667. The van der Waals surface area contributed by atoms with Crippen LogP contribution < -0.4 is 0 Å². The van der Waals surface area contributed by atoms with Crippen molar-refractivity contribution in [1.29, 1.82) is 0 Å². The van der Waals surface area contributed by atoms with E-state index in [0.29, 0.717) is 5.41 Å². The van der Waals surface area contributed by atoms with E-state index in [1.54, 1.807) is 0 Å². The highest BCUT2D eigenvalue weighted by Crippen LogP contribution is 2.62. The molecule has 1 saturated heterocycles. The first kappa shape index (κ1) is 8.72. The standard InChI is InChI=1S/C11H18BrN/c1-11-5-6-13(8-3-2-4-8)7-9(11)10(11)12/h8-10H,2-7H2,1H3. The van der Waals surface area contributed by atoms with Crippen LogP contribution in [0.3, 0.4) is 0 Å². The predicted octanol–water partition coefficient (Wildman–Crippen LogP) is 2.64. The van der Waals surface area contributed by atoms with Crippen molar-refractivity contribution in [2.45, 2.75) is 43.5 Å². The van der Waals surface area contributed by atoms with Crippen molar-refractivity contribution >= 4 is 15.9 Å². The largest absolute Gasteiger partial charge is 0.300 e. The number of likely N-dealkylation sites (tertiary alicyclic amines) is 1. The molecule has 1 nitrogen and oxygen atoms in total. The summed E-state index contributed by atoms with van der Waals surface area (Å²) in [6.45, 7) is 5.19. The molecule has 1 heterocycles. The first-order chi connectivity index (χ1) is 6.22. The fourth-order valence-electron chi connectivity index (χ4n) is 3.04. The summed E-state index contributed by atoms with van der Waals surface area (Å²) in [5, 5.41) is 0. The van der Waals surface area contributed by atoms with Crippen molar-refractivity contribution in [3.8, 4) is 0 Å². The highest BCUT2D eigenvalue weighted by Gasteiger charge is 2.62. The van der Waals surface area contributed by atoms with Gasteiger partial charge in [0, 0.05) is 17.4 Å². The first-order valence-electron chi connectivity index (χ1n) is 5.60. The second kappa shape index (κ2) is 2.73. The monoisotopic (exact) mass is 243 g/mol. The van der Waals surface area contributed by atoms with Gasteiger partial charge in [-0.15, -0.1) is 0 Å². The summed E-state index contributed by atoms with van der Waals surface area (Å²) < 4.78 is 0. The Bertz CT molecular complexity index is 226. The van der Waals surface area contributed by atoms with E-state index in [4.69, 9.17) is 0 Å². The van der Waals surface area contributed by atoms with E-state index in [9.17, 15) is 0 Å². The van der Waals surface area contributed by atoms with E-state index >= 15 is 0 Å². The van der Waals surface area contributed by atoms with Gasteiger partial charge in [-0.25, -0.2) is 0 Å². The molecule has 0 bridgehead atoms. The molecule has 0 N–H and O–H groups in total. The summed E-state index contributed by atoms with van der Waals surface area (Å²) in [6.07, 6.45) is 5.83. The van der Waals surface area contributed by atoms with Gasteiger partial charge in [0.1, 0.15) is 0 Å². The summed E-state index contributed by atoms with van der Waals surface area (Å²) in [6, 6.07) is 0.963. The third-order valence-electron chi connectivity index (χ3n) is 4.68. The lowest BCUT2D eigenvalue weighted by Crippen LogP contribution is -2.45. The van der Waals surface area contributed by atoms with Crippen molar-refractivity contribution in [2.24, 2.45) is 11.3 Å². The zero-order chi connectivity index (χ0) is 9.05. The maximum Gasteiger partial charge on any atom is 0.0249 e. The number of halogens is 1. The molecule has 2 heteroatoms. The van der Waals surface area contributed by atoms with Gasteiger partial charge in [-0.1, -0.05) is 29.3 Å². The molecule has 0 aromatic carbocycles. The van der Waals surface area contributed by atoms with Gasteiger partial charge in [0.2, 0.25) is 0 Å². The molecule has 74 valence electrons. The number of hydrogen-bond donors (Lipinski definition) is 0. The third-order valence-corrected chi connectivity index (χ3v) is 6.37. The average Bonchev–Trinajstić information content (AvgIpc) is 2.53. The number of alkyl halides is 1. The molecule has 3 unspecified atom stereocenters. The van der Waals surface area contributed by atoms with Crippen LogP contribution in [0.5, 0.6) is 0 Å². The second-order valence-corrected chi connectivity index (χ2v) is 6.33. The highest BCUT2D eigenvalue weighted by molar-refractivity contribution is 9.09. The van der Waals surface area contributed by atoms with E-state index < -0.39 is 0 Å². The lowest BCUT2D eigenvalue weighted by Gasteiger charge is -2.40. The molecule has 0 amide bonds. The smallest absolute Gasteiger partial charge is 0.0249 e. The van der Waals surface area contributed by atoms with Crippen molar-refractivity contribution < 1.29 is 0 Å². The Kier molecular flexibility index (Phi) is 1.83. The van der Waals surface area contributed by atoms with Crippen LogP contribution in [0.2, 0.25) is 0 Å². The number of hydrogen-bond acceptors (Lipinski definition) is 1. The summed E-state index contributed by atoms with van der Waals surface area (Å²) in [4.78, 5) is 3.57. The topological polar surface area (TPSA) is 3.24 Å². The maximum absolute atomic E-state index is 3.82. The van der Waals surface area contributed by atoms with Crippen LogP contribution in [0.15, 0.2) is 0 Å². The average molecular weight is 244 g/mol. The van der Waals surface area contributed by atoms with Gasteiger partial charge in [-0.2, -0.15) is 0 Å². The van der Waals surface area contributed by atoms with E-state index in [0.717, 1.165) is 16.8 Å². The summed E-state index contributed by atoms with van der Waals surface area (Å²) in [7, 11) is 0. The number of rotatable bonds is 1. The predicted molar refractivity (Wildman–Crippen MR) is 58.1 cm³/mol. The van der Waals surface area contributed by atoms with Crippen LogP contribution in [0.4, 0.5) is 0 Å². The van der Waals surface area contributed by atoms with Crippen LogP contribution in [-0.4, -0.2) is 28.9 Å². The van der Waals surface area contributed by atoms with E-state index in [1.165, 1.54) is 38.8 Å². The normalized spacial score (nSPS) is 51.2. The number of piperidine rings is 1. The van der Waals surface area contributed by atoms with Crippen LogP contribution in [0, 0.1) is 11.3 Å². The quantitative estimate of drug-likeness (QED) is 0.641. The first-order valence-corrected chi connectivity index (χ1v) is 6.51. The van der Waals surface area contributed by atoms with Gasteiger partial charge in [0.15, 0.2) is 0 Å². The highest BCUT2D eigenvalue weighted by atomic mass is 79.9. The van der Waals surface area contributed by atoms with Crippen LogP contribution in [-0.2, 0) is 0 Å². The van der Waals surface area contributed by atoms with E-state index in [-0.39, 0.29) is 0 Å². The Hall–Kier alpha value is 0.440. The minimum atomic E-state index is 0.667. The number of nitrogens with zero attached hydrogens (tertiary/aromatic N) is 1. The van der Waals surface area contributed by atoms with Gasteiger partial charge < -0.3 is 4.90 Å². The molecule has 0 aromatic heterocycles. The molecule has 3 fully saturated rings. The van der Waals surface area contributed by atoms with Gasteiger partial charge in [-0.05, 0) is 37.1 Å². The lowest BCUT2D eigenvalue weighted by atomic mass is 9.88. The Morgan fingerprint density at radius 1 is 1.38 bits per heavy atom. The molecular weight excluding hydrogens is 226 g/mol. The third kappa shape index (κ3) is 1.14. The molecule has 1 aliphatic heterocycles. The Balaban J connectivity index is 1.64. The zero-order valence-corrected chi connectivity index (χ0v) is 9.89. The fourth-order valence-corrected chi connectivity index (χ4v) is 4.22. The molecule has 2 aliphatic carbocycles. The Morgan fingerprint density at radius 3 is 2.69 bits per heavy atom. The second-order valence-electron chi connectivity index (χ2n) is 5.34. The van der Waals surface area contributed by atoms with Crippen LogP contribution >= 0.6 is 15.9 Å². The molecule has 0 aromatic rings. The SMILES string of the molecule is CC12CCN(C3CCC3)CC1C2Br. The molecule has 3 atom stereocenters. The molecule has 0 radical (unpaired) electrons. The van der Waals surface area contributed by atoms with Crippen LogP contribution in [0.1, 0.15) is 32.6 Å². The number of fused-ring (bicyclic) bond motifs is 1. The van der Waals surface area contributed by atoms with Crippen molar-refractivity contribution in [3.63, 3.8) is 0 Å². The minimum absolute atomic E-state index is 0.667. The van der Waals surface area contributed by atoms with E-state index in [2.05, 4.69) is 27.8 Å². The van der Waals surface area contributed by atoms with Crippen molar-refractivity contribution in [1.82, 2.24) is 4.90 Å². The van der Waals surface area contributed by atoms with Crippen molar-refractivity contribution in [3.05, 3.63) is 0 Å². The van der Waals surface area contributed by atoms with Crippen molar-refractivity contribution in [2.75, 3.05) is 13.1 Å². The van der Waals surface area contributed by atoms with Gasteiger partial charge in [-0.3, -0.25) is 0 Å². The van der Waals surface area contributed by atoms with Crippen LogP contribution in [0.25, 0.3) is 0 Å². The lowest BCUT2D eigenvalue weighted by molar-refractivity contribution is 0.0849. The molecule has 3 rings (SSSR count). The summed E-state index contributed by atoms with van der Waals surface area (Å²) in [5.74, 6) is 0.960. The maximum atomic E-state index is 3.82. The molecular formula is C11H18BrN. The Labute approximate surface area is 89.0 Å². The molecule has 2 saturated carbocycles. The van der Waals surface area contributed by atoms with E-state index in [1.807, 2.05) is 0 Å². The fraction of sp³-hybridized carbons (Fsp3) is 1.00. The van der Waals surface area contributed by atoms with Gasteiger partial charge in [0.05, 0.1) is 0 Å². The zero-order valence-electron chi connectivity index (χ0n) is 8.30. The molecule has 0 spiro atoms. The van der Waals surface area contributed by atoms with Gasteiger partial charge >= 0.3 is 0 Å². The molecule has 13 heavy (non-hydrogen) atoms. The molecule has 3 aliphatic rings.